The summed E-state index contributed by atoms with van der Waals surface area (Å²) >= 11 is 0. The third-order valence-corrected chi connectivity index (χ3v) is 6.18. The van der Waals surface area contributed by atoms with Gasteiger partial charge in [0, 0.05) is 43.9 Å². The van der Waals surface area contributed by atoms with E-state index in [1.165, 1.54) is 5.56 Å². The van der Waals surface area contributed by atoms with Gasteiger partial charge >= 0.3 is 0 Å². The number of hydrogen-bond acceptors (Lipinski definition) is 5. The van der Waals surface area contributed by atoms with Crippen molar-refractivity contribution < 1.29 is 4.79 Å². The number of aromatic nitrogens is 4. The van der Waals surface area contributed by atoms with Crippen LogP contribution in [0.15, 0.2) is 36.5 Å². The van der Waals surface area contributed by atoms with Crippen molar-refractivity contribution in [1.29, 1.82) is 0 Å². The lowest BCUT2D eigenvalue weighted by atomic mass is 9.86. The topological polar surface area (TPSA) is 66.6 Å². The van der Waals surface area contributed by atoms with Crippen LogP contribution < -0.4 is 4.90 Å². The van der Waals surface area contributed by atoms with Gasteiger partial charge in [-0.3, -0.25) is 4.79 Å². The minimum Gasteiger partial charge on any atom is -0.339 e. The summed E-state index contributed by atoms with van der Waals surface area (Å²) in [6, 6.07) is 10.6. The highest BCUT2D eigenvalue weighted by Gasteiger charge is 2.26. The number of piperazine rings is 1. The minimum atomic E-state index is 0.0799. The Balaban J connectivity index is 1.55. The van der Waals surface area contributed by atoms with Gasteiger partial charge in [-0.2, -0.15) is 9.50 Å². The molecule has 1 amide bonds. The molecular formula is C24H32N6O. The van der Waals surface area contributed by atoms with Crippen molar-refractivity contribution in [3.05, 3.63) is 42.1 Å². The number of hydrogen-bond donors (Lipinski definition) is 0. The highest BCUT2D eigenvalue weighted by atomic mass is 16.2. The van der Waals surface area contributed by atoms with Crippen LogP contribution >= 0.6 is 0 Å². The van der Waals surface area contributed by atoms with Crippen LogP contribution in [0.25, 0.3) is 17.0 Å². The van der Waals surface area contributed by atoms with Gasteiger partial charge in [-0.15, -0.1) is 5.10 Å². The lowest BCUT2D eigenvalue weighted by Crippen LogP contribution is -2.50. The number of amides is 1. The van der Waals surface area contributed by atoms with Crippen LogP contribution in [-0.4, -0.2) is 56.6 Å². The molecular weight excluding hydrogens is 388 g/mol. The van der Waals surface area contributed by atoms with Crippen LogP contribution in [-0.2, 0) is 10.2 Å². The van der Waals surface area contributed by atoms with E-state index >= 15 is 0 Å². The van der Waals surface area contributed by atoms with Crippen molar-refractivity contribution in [1.82, 2.24) is 24.5 Å². The number of nitrogens with zero attached hydrogens (tertiary/aromatic N) is 6. The summed E-state index contributed by atoms with van der Waals surface area (Å²) < 4.78 is 1.82. The second-order valence-electron chi connectivity index (χ2n) is 9.40. The SMILES string of the molecule is CC[C@H](C)C(=O)N1CCN(c2nc3nccc(-c4ccc(C(C)(C)C)cc4)n3n2)CC1. The minimum absolute atomic E-state index is 0.0799. The Morgan fingerprint density at radius 2 is 1.74 bits per heavy atom. The van der Waals surface area contributed by atoms with E-state index in [0.717, 1.165) is 30.8 Å². The number of fused-ring (bicyclic) bond motifs is 1. The van der Waals surface area contributed by atoms with Gasteiger partial charge in [-0.1, -0.05) is 58.9 Å². The zero-order valence-corrected chi connectivity index (χ0v) is 19.2. The number of rotatable bonds is 4. The normalized spacial score (nSPS) is 16.0. The van der Waals surface area contributed by atoms with Crippen molar-refractivity contribution in [2.75, 3.05) is 31.1 Å². The Kier molecular flexibility index (Phi) is 5.69. The molecule has 0 unspecified atom stereocenters. The molecule has 1 fully saturated rings. The van der Waals surface area contributed by atoms with Crippen molar-refractivity contribution in [2.24, 2.45) is 5.92 Å². The molecule has 3 heterocycles. The first-order valence-corrected chi connectivity index (χ1v) is 11.1. The van der Waals surface area contributed by atoms with Gasteiger partial charge in [-0.05, 0) is 23.5 Å². The summed E-state index contributed by atoms with van der Waals surface area (Å²) in [5, 5.41) is 4.77. The van der Waals surface area contributed by atoms with Crippen molar-refractivity contribution in [3.8, 4) is 11.3 Å². The van der Waals surface area contributed by atoms with Crippen LogP contribution in [0.5, 0.6) is 0 Å². The van der Waals surface area contributed by atoms with E-state index in [1.54, 1.807) is 6.20 Å². The van der Waals surface area contributed by atoms with Crippen molar-refractivity contribution >= 4 is 17.6 Å². The molecule has 0 aliphatic carbocycles. The van der Waals surface area contributed by atoms with Crippen molar-refractivity contribution in [3.63, 3.8) is 0 Å². The molecule has 7 nitrogen and oxygen atoms in total. The van der Waals surface area contributed by atoms with Crippen LogP contribution in [0.4, 0.5) is 5.95 Å². The zero-order valence-electron chi connectivity index (χ0n) is 19.2. The molecule has 1 aliphatic heterocycles. The Morgan fingerprint density at radius 3 is 2.35 bits per heavy atom. The molecule has 1 atom stereocenters. The lowest BCUT2D eigenvalue weighted by molar-refractivity contribution is -0.135. The zero-order chi connectivity index (χ0) is 22.2. The van der Waals surface area contributed by atoms with Gasteiger partial charge in [0.05, 0.1) is 5.69 Å². The lowest BCUT2D eigenvalue weighted by Gasteiger charge is -2.35. The Morgan fingerprint density at radius 1 is 1.06 bits per heavy atom. The molecule has 1 saturated heterocycles. The number of carbonyl (C=O) groups is 1. The first-order chi connectivity index (χ1) is 14.8. The van der Waals surface area contributed by atoms with E-state index in [1.807, 2.05) is 22.4 Å². The third-order valence-electron chi connectivity index (χ3n) is 6.18. The van der Waals surface area contributed by atoms with Crippen LogP contribution in [0.3, 0.4) is 0 Å². The van der Waals surface area contributed by atoms with E-state index in [4.69, 9.17) is 5.10 Å². The van der Waals surface area contributed by atoms with Gasteiger partial charge in [0.15, 0.2) is 0 Å². The highest BCUT2D eigenvalue weighted by molar-refractivity contribution is 5.78. The third kappa shape index (κ3) is 4.27. The Hall–Kier alpha value is -2.96. The summed E-state index contributed by atoms with van der Waals surface area (Å²) in [7, 11) is 0. The largest absolute Gasteiger partial charge is 0.339 e. The smallest absolute Gasteiger partial charge is 0.254 e. The maximum absolute atomic E-state index is 12.5. The fourth-order valence-corrected chi connectivity index (χ4v) is 3.89. The molecule has 164 valence electrons. The van der Waals surface area contributed by atoms with Crippen LogP contribution in [0.2, 0.25) is 0 Å². The number of anilines is 1. The molecule has 4 rings (SSSR count). The van der Waals surface area contributed by atoms with Gasteiger partial charge in [0.2, 0.25) is 11.9 Å². The number of benzene rings is 1. The van der Waals surface area contributed by atoms with Gasteiger partial charge < -0.3 is 9.80 Å². The van der Waals surface area contributed by atoms with Crippen molar-refractivity contribution in [2.45, 2.75) is 46.5 Å². The van der Waals surface area contributed by atoms with E-state index < -0.39 is 0 Å². The molecule has 0 bridgehead atoms. The molecule has 0 spiro atoms. The molecule has 0 saturated carbocycles. The molecule has 1 aromatic carbocycles. The Labute approximate surface area is 184 Å². The maximum atomic E-state index is 12.5. The summed E-state index contributed by atoms with van der Waals surface area (Å²) in [5.41, 5.74) is 3.46. The average molecular weight is 421 g/mol. The summed E-state index contributed by atoms with van der Waals surface area (Å²) in [5.74, 6) is 1.58. The highest BCUT2D eigenvalue weighted by Crippen LogP contribution is 2.26. The van der Waals surface area contributed by atoms with Gasteiger partial charge in [0.25, 0.3) is 5.78 Å². The average Bonchev–Trinajstić information content (AvgIpc) is 3.22. The molecule has 1 aliphatic rings. The Bertz CT molecular complexity index is 1060. The second-order valence-corrected chi connectivity index (χ2v) is 9.40. The molecule has 7 heteroatoms. The van der Waals surface area contributed by atoms with E-state index in [2.05, 4.69) is 66.8 Å². The molecule has 0 N–H and O–H groups in total. The molecule has 0 radical (unpaired) electrons. The monoisotopic (exact) mass is 420 g/mol. The summed E-state index contributed by atoms with van der Waals surface area (Å²) in [6.07, 6.45) is 2.65. The second kappa shape index (κ2) is 8.29. The molecule has 2 aromatic heterocycles. The standard InChI is InChI=1S/C24H32N6O/c1-6-17(2)21(31)28-13-15-29(16-14-28)23-26-22-25-12-11-20(30(22)27-23)18-7-9-19(10-8-18)24(3,4)5/h7-12,17H,6,13-16H2,1-5H3/t17-/m0/s1. The van der Waals surface area contributed by atoms with E-state index in [0.29, 0.717) is 24.8 Å². The fraction of sp³-hybridized carbons (Fsp3) is 0.500. The first kappa shape index (κ1) is 21.3. The van der Waals surface area contributed by atoms with Gasteiger partial charge in [-0.25, -0.2) is 4.98 Å². The quantitative estimate of drug-likeness (QED) is 0.643. The number of carbonyl (C=O) groups excluding carboxylic acids is 1. The molecule has 31 heavy (non-hydrogen) atoms. The predicted molar refractivity (Wildman–Crippen MR) is 123 cm³/mol. The van der Waals surface area contributed by atoms with E-state index in [-0.39, 0.29) is 17.2 Å². The summed E-state index contributed by atoms with van der Waals surface area (Å²) in [4.78, 5) is 25.6. The first-order valence-electron chi connectivity index (χ1n) is 11.1. The van der Waals surface area contributed by atoms with Crippen LogP contribution in [0, 0.1) is 5.92 Å². The maximum Gasteiger partial charge on any atom is 0.254 e. The van der Waals surface area contributed by atoms with Crippen LogP contribution in [0.1, 0.15) is 46.6 Å². The predicted octanol–water partition coefficient (Wildman–Crippen LogP) is 3.78. The van der Waals surface area contributed by atoms with Gasteiger partial charge in [0.1, 0.15) is 0 Å². The fourth-order valence-electron chi connectivity index (χ4n) is 3.89. The van der Waals surface area contributed by atoms with E-state index in [9.17, 15) is 4.79 Å². The molecule has 3 aromatic rings. The summed E-state index contributed by atoms with van der Waals surface area (Å²) in [6.45, 7) is 13.6.